The van der Waals surface area contributed by atoms with Crippen LogP contribution in [-0.2, 0) is 83.6 Å². The third kappa shape index (κ3) is 20.4. The fraction of sp³-hybridized carbons (Fsp3) is 0.639. The molecule has 10 aliphatic rings. The number of hydrogen-bond acceptors (Lipinski definition) is 17. The average molecular weight is 1450 g/mol. The molecular weight excluding hydrogens is 1350 g/mol. The highest BCUT2D eigenvalue weighted by atomic mass is 35.5. The number of nitrogens with two attached hydrogens (primary N) is 1. The van der Waals surface area contributed by atoms with Gasteiger partial charge < -0.3 is 60.0 Å². The van der Waals surface area contributed by atoms with Crippen LogP contribution in [0.5, 0.6) is 0 Å². The minimum absolute atomic E-state index is 0. The number of hydrogen-bond donors (Lipinski definition) is 7. The normalized spacial score (nSPS) is 28.4. The van der Waals surface area contributed by atoms with Crippen molar-refractivity contribution in [2.75, 3.05) is 26.3 Å². The molecule has 0 spiro atoms. The standard InChI is InChI=1S/C36H48FN5O8.C32H41FN4O8.C4H9NO.ClH/c1-35(2,3)50-33(46)38-28-13-8-6-4-5-7-11-24-17-36(24,32(45)40-48-21-22-14-15-22)39-30(43)29-16-25(19-42(29)31(28)44)49-34(47)41-18-23-10-9-12-27(37)26(23)20-41;1-31(2,3)45-29(42)34-24-13-8-6-4-5-7-11-20-15-32(20,28(40)41)35-26(38)25-14-21(17-37(25)27(24)39)44-30(43)36-16-19-10-9-12-23(33)22(19)18-36;5-6-3-4-1-2-4;/h7,9-12,22,24-25,28-29H,4-6,8,13-21H2,1-3H3,(H,38,46)(H,39,43)(H,40,45);7,9-12,20-21,24-25H,4-6,8,13-18H2,1-3H3,(H,34,42)(H,35,38)(H,40,41);4H,1-3,5H2;1H/b2*11-7-;;/t24-,25-,28+,29+,36-;20-,21-,24+,25+,32-;;/m11../s1. The molecule has 0 unspecified atom stereocenters. The van der Waals surface area contributed by atoms with Crippen LogP contribution >= 0.6 is 12.4 Å². The zero-order valence-corrected chi connectivity index (χ0v) is 59.8. The van der Waals surface area contributed by atoms with E-state index in [0.29, 0.717) is 60.5 Å². The summed E-state index contributed by atoms with van der Waals surface area (Å²) in [5, 5.41) is 21.0. The van der Waals surface area contributed by atoms with E-state index < -0.39 is 130 Å². The van der Waals surface area contributed by atoms with Crippen LogP contribution < -0.4 is 32.6 Å². The van der Waals surface area contributed by atoms with Crippen molar-refractivity contribution >= 4 is 72.3 Å². The van der Waals surface area contributed by atoms with E-state index in [2.05, 4.69) is 31.6 Å². The Morgan fingerprint density at radius 2 is 1.03 bits per heavy atom. The molecule has 0 aromatic heterocycles. The molecule has 4 saturated carbocycles. The van der Waals surface area contributed by atoms with Crippen molar-refractivity contribution in [3.05, 3.63) is 94.6 Å². The van der Waals surface area contributed by atoms with Gasteiger partial charge in [0.2, 0.25) is 23.6 Å². The molecule has 2 aromatic carbocycles. The van der Waals surface area contributed by atoms with E-state index in [9.17, 15) is 61.8 Å². The second-order valence-corrected chi connectivity index (χ2v) is 30.3. The number of amides is 9. The summed E-state index contributed by atoms with van der Waals surface area (Å²) >= 11 is 0. The van der Waals surface area contributed by atoms with Crippen LogP contribution in [0.1, 0.15) is 179 Å². The zero-order chi connectivity index (χ0) is 72.6. The maximum Gasteiger partial charge on any atom is 0.410 e. The van der Waals surface area contributed by atoms with Crippen LogP contribution in [-0.4, -0.2) is 170 Å². The highest BCUT2D eigenvalue weighted by molar-refractivity contribution is 5.99. The molecule has 6 aliphatic heterocycles. The minimum Gasteiger partial charge on any atom is -0.479 e. The molecule has 10 atom stereocenters. The lowest BCUT2D eigenvalue weighted by Crippen LogP contribution is -2.58. The molecule has 0 bridgehead atoms. The van der Waals surface area contributed by atoms with E-state index >= 15 is 0 Å². The summed E-state index contributed by atoms with van der Waals surface area (Å²) in [5.74, 6) is 0.556. The van der Waals surface area contributed by atoms with E-state index in [1.54, 1.807) is 65.8 Å². The predicted molar refractivity (Wildman–Crippen MR) is 365 cm³/mol. The average Bonchev–Trinajstić information content (AvgIpc) is 1.59. The number of allylic oxidation sites excluding steroid dienone is 2. The van der Waals surface area contributed by atoms with Crippen molar-refractivity contribution in [3.63, 3.8) is 0 Å². The smallest absolute Gasteiger partial charge is 0.410 e. The number of carbonyl (C=O) groups excluding carboxylic acids is 9. The molecule has 2 aromatic rings. The summed E-state index contributed by atoms with van der Waals surface area (Å²) < 4.78 is 51.1. The summed E-state index contributed by atoms with van der Waals surface area (Å²) in [6.45, 7) is 11.6. The molecule has 6 heterocycles. The number of hydroxylamine groups is 1. The van der Waals surface area contributed by atoms with Gasteiger partial charge in [0.1, 0.15) is 70.3 Å². The summed E-state index contributed by atoms with van der Waals surface area (Å²) in [6.07, 6.45) is 14.7. The summed E-state index contributed by atoms with van der Waals surface area (Å²) in [4.78, 5) is 149. The fourth-order valence-corrected chi connectivity index (χ4v) is 13.7. The Hall–Kier alpha value is -8.15. The van der Waals surface area contributed by atoms with Crippen LogP contribution in [0.2, 0.25) is 0 Å². The lowest BCUT2D eigenvalue weighted by atomic mass is 10.0. The first-order chi connectivity index (χ1) is 48.0. The fourth-order valence-electron chi connectivity index (χ4n) is 13.7. The largest absolute Gasteiger partial charge is 0.479 e. The molecule has 4 aliphatic carbocycles. The number of halogens is 3. The van der Waals surface area contributed by atoms with Crippen LogP contribution in [0, 0.1) is 35.3 Å². The number of nitrogens with zero attached hydrogens (tertiary/aromatic N) is 4. The molecule has 2 saturated heterocycles. The molecule has 6 fully saturated rings. The van der Waals surface area contributed by atoms with E-state index in [4.69, 9.17) is 29.7 Å². The van der Waals surface area contributed by atoms with Gasteiger partial charge >= 0.3 is 30.3 Å². The molecule has 30 heteroatoms. The molecule has 9 amide bonds. The Morgan fingerprint density at radius 1 is 0.598 bits per heavy atom. The minimum atomic E-state index is -1.49. The Labute approximate surface area is 599 Å². The maximum absolute atomic E-state index is 14.4. The van der Waals surface area contributed by atoms with E-state index in [1.165, 1.54) is 44.6 Å². The molecule has 12 rings (SSSR count). The first-order valence-corrected chi connectivity index (χ1v) is 35.5. The van der Waals surface area contributed by atoms with Crippen molar-refractivity contribution in [1.82, 2.24) is 46.3 Å². The van der Waals surface area contributed by atoms with Crippen molar-refractivity contribution in [3.8, 4) is 0 Å². The summed E-state index contributed by atoms with van der Waals surface area (Å²) in [6, 6.07) is 5.02. The van der Waals surface area contributed by atoms with Gasteiger partial charge in [-0.2, -0.15) is 0 Å². The number of ether oxygens (including phenoxy) is 4. The van der Waals surface area contributed by atoms with E-state index in [-0.39, 0.29) is 89.2 Å². The van der Waals surface area contributed by atoms with Gasteiger partial charge in [-0.15, -0.1) is 12.4 Å². The molecular formula is C72H99ClF2N10O17. The van der Waals surface area contributed by atoms with Gasteiger partial charge in [0.25, 0.3) is 5.91 Å². The third-order valence-corrected chi connectivity index (χ3v) is 19.8. The number of carboxylic acid groups (broad SMARTS) is 1. The highest BCUT2D eigenvalue weighted by Gasteiger charge is 2.63. The van der Waals surface area contributed by atoms with Gasteiger partial charge in [0.15, 0.2) is 0 Å². The number of fused-ring (bicyclic) bond motifs is 6. The van der Waals surface area contributed by atoms with E-state index in [1.807, 2.05) is 24.3 Å². The van der Waals surface area contributed by atoms with Gasteiger partial charge in [-0.25, -0.2) is 44.1 Å². The number of aliphatic carboxylic acids is 1. The summed E-state index contributed by atoms with van der Waals surface area (Å²) in [5.41, 5.74) is 0.359. The Balaban J connectivity index is 0.000000218. The Bertz CT molecular complexity index is 3490. The topological polar surface area (TPSA) is 345 Å². The number of carboxylic acids is 1. The van der Waals surface area contributed by atoms with Gasteiger partial charge in [-0.1, -0.05) is 74.3 Å². The molecule has 560 valence electrons. The second-order valence-electron chi connectivity index (χ2n) is 30.3. The monoisotopic (exact) mass is 1450 g/mol. The van der Waals surface area contributed by atoms with Crippen LogP contribution in [0.25, 0.3) is 0 Å². The number of benzene rings is 2. The van der Waals surface area contributed by atoms with E-state index in [0.717, 1.165) is 63.9 Å². The van der Waals surface area contributed by atoms with Gasteiger partial charge in [-0.05, 0) is 154 Å². The molecule has 0 radical (unpaired) electrons. The summed E-state index contributed by atoms with van der Waals surface area (Å²) in [7, 11) is 0. The zero-order valence-electron chi connectivity index (χ0n) is 58.9. The Kier molecular flexibility index (Phi) is 25.6. The lowest BCUT2D eigenvalue weighted by Gasteiger charge is -2.30. The number of carbonyl (C=O) groups is 10. The third-order valence-electron chi connectivity index (χ3n) is 19.8. The number of alkyl carbamates (subject to hydrolysis) is 2. The Morgan fingerprint density at radius 3 is 1.44 bits per heavy atom. The molecule has 27 nitrogen and oxygen atoms in total. The second kappa shape index (κ2) is 33.5. The predicted octanol–water partition coefficient (Wildman–Crippen LogP) is 8.32. The van der Waals surface area contributed by atoms with Crippen LogP contribution in [0.4, 0.5) is 28.0 Å². The molecule has 102 heavy (non-hydrogen) atoms. The number of rotatable bonds is 11. The first kappa shape index (κ1) is 78.0. The van der Waals surface area contributed by atoms with Crippen LogP contribution in [0.3, 0.4) is 0 Å². The van der Waals surface area contributed by atoms with Crippen molar-refractivity contribution in [2.45, 2.75) is 242 Å². The van der Waals surface area contributed by atoms with Gasteiger partial charge in [0, 0.05) is 48.9 Å². The van der Waals surface area contributed by atoms with Crippen LogP contribution in [0.15, 0.2) is 60.7 Å². The quantitative estimate of drug-likeness (QED) is 0.0631. The van der Waals surface area contributed by atoms with Gasteiger partial charge in [-0.3, -0.25) is 38.6 Å². The highest BCUT2D eigenvalue weighted by Crippen LogP contribution is 2.47. The first-order valence-electron chi connectivity index (χ1n) is 35.5. The molecule has 8 N–H and O–H groups in total. The van der Waals surface area contributed by atoms with Crippen molar-refractivity contribution < 1.29 is 90.5 Å². The SMILES string of the molecule is CC(C)(C)OC(=O)N[C@H]1CCCCC/C=C\[C@@H]2C[C@@]2(C(=O)NOCC2CC2)NC(=O)[C@@H]2C[C@@H](OC(=O)N3Cc4cccc(F)c4C3)CN2C1=O.CC(C)(C)OC(=O)N[C@H]1CCCCC/C=C\[C@@H]2C[C@@]2(C(=O)O)NC(=O)[C@@H]2C[C@@H](OC(=O)N3Cc4cccc(F)c4C3)CN2C1=O.Cl.NOCC1CC1. The van der Waals surface area contributed by atoms with Gasteiger partial charge in [0.05, 0.1) is 39.4 Å². The number of nitrogens with one attached hydrogen (secondary N) is 5. The van der Waals surface area contributed by atoms with Crippen molar-refractivity contribution in [1.29, 1.82) is 0 Å². The van der Waals surface area contributed by atoms with Crippen molar-refractivity contribution in [2.24, 2.45) is 29.6 Å². The maximum atomic E-state index is 14.4. The lowest BCUT2D eigenvalue weighted by molar-refractivity contribution is -0.145.